The zero-order valence-corrected chi connectivity index (χ0v) is 20.1. The topological polar surface area (TPSA) is 57.2 Å². The molecule has 2 aliphatic rings. The Morgan fingerprint density at radius 2 is 1.52 bits per heavy atom. The zero-order valence-electron chi connectivity index (χ0n) is 19.1. The molecule has 0 spiro atoms. The first-order chi connectivity index (χ1) is 14.8. The molecule has 1 aliphatic heterocycles. The number of ether oxygens (including phenoxy) is 3. The van der Waals surface area contributed by atoms with Crippen LogP contribution >= 0.6 is 0 Å². The smallest absolute Gasteiger partial charge is 0.261 e. The Bertz CT molecular complexity index is 829. The Hall–Kier alpha value is -1.54. The predicted molar refractivity (Wildman–Crippen MR) is 123 cm³/mol. The molecule has 4 rings (SSSR count). The van der Waals surface area contributed by atoms with Gasteiger partial charge in [0.25, 0.3) is 8.32 Å². The number of aliphatic hydroxyl groups is 1. The maximum Gasteiger partial charge on any atom is 0.261 e. The molecule has 0 amide bonds. The number of hydrogen-bond donors (Lipinski definition) is 1. The second-order valence-electron chi connectivity index (χ2n) is 9.74. The van der Waals surface area contributed by atoms with Crippen molar-refractivity contribution in [1.82, 2.24) is 0 Å². The summed E-state index contributed by atoms with van der Waals surface area (Å²) in [6, 6.07) is 21.1. The number of hydrogen-bond acceptors (Lipinski definition) is 5. The summed E-state index contributed by atoms with van der Waals surface area (Å²) in [6.45, 7) is 7.10. The molecular weight excluding hydrogens is 408 g/mol. The number of fused-ring (bicyclic) bond motifs is 2. The quantitative estimate of drug-likeness (QED) is 0.668. The van der Waals surface area contributed by atoms with E-state index in [0.717, 1.165) is 0 Å². The number of rotatable bonds is 7. The molecule has 2 fully saturated rings. The third-order valence-electron chi connectivity index (χ3n) is 6.97. The first-order valence-corrected chi connectivity index (χ1v) is 12.9. The highest BCUT2D eigenvalue weighted by atomic mass is 28.4. The SMILES string of the molecule is COC1O[C@@]2(CO[Si](c3ccccc3)(c3ccccc3)C(C)(C)C)C[C@H](O)[C@H]1[C@@H]2OC. The van der Waals surface area contributed by atoms with Crippen LogP contribution < -0.4 is 10.4 Å². The molecule has 1 aliphatic carbocycles. The van der Waals surface area contributed by atoms with Gasteiger partial charge in [-0.2, -0.15) is 0 Å². The summed E-state index contributed by atoms with van der Waals surface area (Å²) in [4.78, 5) is 0. The summed E-state index contributed by atoms with van der Waals surface area (Å²) in [7, 11) is 0.572. The molecule has 6 heteroatoms. The van der Waals surface area contributed by atoms with E-state index in [2.05, 4.69) is 69.3 Å². The molecule has 2 aromatic rings. The Labute approximate surface area is 186 Å². The fourth-order valence-electron chi connectivity index (χ4n) is 5.65. The second-order valence-corrected chi connectivity index (χ2v) is 14.0. The minimum atomic E-state index is -2.72. The van der Waals surface area contributed by atoms with Gasteiger partial charge in [-0.25, -0.2) is 0 Å². The van der Waals surface area contributed by atoms with Crippen molar-refractivity contribution in [3.05, 3.63) is 60.7 Å². The molecule has 1 saturated carbocycles. The van der Waals surface area contributed by atoms with Crippen LogP contribution in [0.15, 0.2) is 60.7 Å². The monoisotopic (exact) mass is 442 g/mol. The molecule has 31 heavy (non-hydrogen) atoms. The summed E-state index contributed by atoms with van der Waals surface area (Å²) in [5.41, 5.74) is -0.730. The summed E-state index contributed by atoms with van der Waals surface area (Å²) in [5.74, 6) is -0.210. The van der Waals surface area contributed by atoms with Crippen molar-refractivity contribution in [2.24, 2.45) is 5.92 Å². The minimum Gasteiger partial charge on any atom is -0.404 e. The van der Waals surface area contributed by atoms with Crippen molar-refractivity contribution in [3.8, 4) is 0 Å². The fraction of sp³-hybridized carbons (Fsp3) is 0.520. The van der Waals surface area contributed by atoms with E-state index in [9.17, 15) is 5.11 Å². The van der Waals surface area contributed by atoms with E-state index >= 15 is 0 Å². The van der Waals surface area contributed by atoms with E-state index in [-0.39, 0.29) is 17.1 Å². The van der Waals surface area contributed by atoms with Crippen LogP contribution in [0.2, 0.25) is 5.04 Å². The normalized spacial score (nSPS) is 30.6. The molecule has 1 N–H and O–H groups in total. The average Bonchev–Trinajstić information content (AvgIpc) is 3.22. The third-order valence-corrected chi connectivity index (χ3v) is 12.0. The van der Waals surface area contributed by atoms with Crippen LogP contribution in [0.4, 0.5) is 0 Å². The highest BCUT2D eigenvalue weighted by Gasteiger charge is 2.66. The van der Waals surface area contributed by atoms with Gasteiger partial charge in [-0.3, -0.25) is 0 Å². The molecule has 0 radical (unpaired) electrons. The predicted octanol–water partition coefficient (Wildman–Crippen LogP) is 2.70. The lowest BCUT2D eigenvalue weighted by molar-refractivity contribution is -0.218. The van der Waals surface area contributed by atoms with Crippen molar-refractivity contribution < 1.29 is 23.7 Å². The summed E-state index contributed by atoms with van der Waals surface area (Å²) < 4.78 is 24.8. The molecule has 168 valence electrons. The highest BCUT2D eigenvalue weighted by molar-refractivity contribution is 6.99. The van der Waals surface area contributed by atoms with Crippen LogP contribution in [0.1, 0.15) is 27.2 Å². The van der Waals surface area contributed by atoms with Gasteiger partial charge in [0.15, 0.2) is 6.29 Å². The van der Waals surface area contributed by atoms with Gasteiger partial charge in [-0.15, -0.1) is 0 Å². The molecule has 1 saturated heterocycles. The van der Waals surface area contributed by atoms with Gasteiger partial charge in [0.2, 0.25) is 0 Å². The molecule has 0 aromatic heterocycles. The summed E-state index contributed by atoms with van der Waals surface area (Å²) >= 11 is 0. The van der Waals surface area contributed by atoms with Crippen molar-refractivity contribution >= 4 is 18.7 Å². The Morgan fingerprint density at radius 3 is 1.97 bits per heavy atom. The van der Waals surface area contributed by atoms with Crippen LogP contribution in [0.25, 0.3) is 0 Å². The minimum absolute atomic E-state index is 0.134. The summed E-state index contributed by atoms with van der Waals surface area (Å²) in [6.07, 6.45) is -0.817. The van der Waals surface area contributed by atoms with Crippen molar-refractivity contribution in [2.75, 3.05) is 20.8 Å². The van der Waals surface area contributed by atoms with E-state index < -0.39 is 26.3 Å². The lowest BCUT2D eigenvalue weighted by Gasteiger charge is -2.45. The molecule has 1 heterocycles. The molecular formula is C25H34O5Si. The van der Waals surface area contributed by atoms with Crippen molar-refractivity contribution in [3.63, 3.8) is 0 Å². The van der Waals surface area contributed by atoms with E-state index in [1.54, 1.807) is 14.2 Å². The molecule has 5 nitrogen and oxygen atoms in total. The van der Waals surface area contributed by atoms with Crippen LogP contribution in [-0.2, 0) is 18.6 Å². The van der Waals surface area contributed by atoms with Gasteiger partial charge in [-0.05, 0) is 15.4 Å². The van der Waals surface area contributed by atoms with Crippen LogP contribution in [-0.4, -0.2) is 58.3 Å². The molecule has 5 atom stereocenters. The van der Waals surface area contributed by atoms with Crippen LogP contribution in [0, 0.1) is 5.92 Å². The molecule has 2 aromatic carbocycles. The maximum absolute atomic E-state index is 10.7. The Morgan fingerprint density at radius 1 is 0.968 bits per heavy atom. The Balaban J connectivity index is 1.78. The third kappa shape index (κ3) is 3.59. The van der Waals surface area contributed by atoms with E-state index in [0.29, 0.717) is 13.0 Å². The van der Waals surface area contributed by atoms with Crippen molar-refractivity contribution in [1.29, 1.82) is 0 Å². The van der Waals surface area contributed by atoms with E-state index in [1.165, 1.54) is 10.4 Å². The first kappa shape index (κ1) is 22.6. The standard InChI is InChI=1S/C25H34O5Si/c1-24(2,3)31(18-12-8-6-9-13-18,19-14-10-7-11-15-19)29-17-25-16-20(26)21(22(25)27-4)23(28-5)30-25/h6-15,20-23,26H,16-17H2,1-5H3/t20-,21-,22-,23?,25+/m0/s1. The van der Waals surface area contributed by atoms with Gasteiger partial charge in [0.05, 0.1) is 24.7 Å². The van der Waals surface area contributed by atoms with Gasteiger partial charge in [-0.1, -0.05) is 81.4 Å². The lowest BCUT2D eigenvalue weighted by Crippen LogP contribution is -2.68. The average molecular weight is 443 g/mol. The maximum atomic E-state index is 10.7. The first-order valence-electron chi connectivity index (χ1n) is 11.0. The number of methoxy groups -OCH3 is 2. The van der Waals surface area contributed by atoms with Gasteiger partial charge in [0, 0.05) is 20.6 Å². The van der Waals surface area contributed by atoms with Gasteiger partial charge >= 0.3 is 0 Å². The van der Waals surface area contributed by atoms with E-state index in [4.69, 9.17) is 18.6 Å². The van der Waals surface area contributed by atoms with Crippen LogP contribution in [0.3, 0.4) is 0 Å². The highest BCUT2D eigenvalue weighted by Crippen LogP contribution is 2.51. The lowest BCUT2D eigenvalue weighted by atomic mass is 10.0. The number of benzene rings is 2. The van der Waals surface area contributed by atoms with E-state index in [1.807, 2.05) is 12.1 Å². The Kier molecular flexibility index (Phi) is 6.16. The molecule has 2 bridgehead atoms. The second kappa shape index (κ2) is 8.43. The number of aliphatic hydroxyl groups excluding tert-OH is 1. The van der Waals surface area contributed by atoms with Gasteiger partial charge < -0.3 is 23.7 Å². The molecule has 1 unspecified atom stereocenters. The largest absolute Gasteiger partial charge is 0.404 e. The fourth-order valence-corrected chi connectivity index (χ4v) is 10.3. The van der Waals surface area contributed by atoms with Crippen molar-refractivity contribution in [2.45, 2.75) is 56.3 Å². The zero-order chi connectivity index (χ0) is 22.3. The van der Waals surface area contributed by atoms with Crippen LogP contribution in [0.5, 0.6) is 0 Å². The summed E-state index contributed by atoms with van der Waals surface area (Å²) in [5, 5.41) is 13.0. The van der Waals surface area contributed by atoms with Gasteiger partial charge in [0.1, 0.15) is 5.60 Å².